The molecule has 0 fully saturated rings. The van der Waals surface area contributed by atoms with E-state index in [2.05, 4.69) is 10.6 Å². The summed E-state index contributed by atoms with van der Waals surface area (Å²) < 4.78 is 0. The van der Waals surface area contributed by atoms with E-state index in [0.29, 0.717) is 0 Å². The second-order valence-corrected chi connectivity index (χ2v) is 6.78. The maximum atomic E-state index is 13.0. The number of carbonyl (C=O) groups is 2. The first kappa shape index (κ1) is 20.3. The molecule has 5 nitrogen and oxygen atoms in total. The molecule has 0 aliphatic heterocycles. The van der Waals surface area contributed by atoms with Crippen molar-refractivity contribution in [3.8, 4) is 0 Å². The van der Waals surface area contributed by atoms with Crippen LogP contribution in [0.2, 0.25) is 0 Å². The van der Waals surface area contributed by atoms with Gasteiger partial charge in [0.2, 0.25) is 5.91 Å². The van der Waals surface area contributed by atoms with Gasteiger partial charge in [-0.15, -0.1) is 0 Å². The van der Waals surface area contributed by atoms with E-state index < -0.39 is 17.6 Å². The Labute approximate surface area is 170 Å². The molecule has 0 heterocycles. The zero-order chi connectivity index (χ0) is 20.7. The molecule has 3 rings (SSSR count). The highest BCUT2D eigenvalue weighted by Crippen LogP contribution is 2.36. The molecule has 3 N–H and O–H groups in total. The van der Waals surface area contributed by atoms with Gasteiger partial charge in [0, 0.05) is 0 Å². The van der Waals surface area contributed by atoms with Gasteiger partial charge in [0.25, 0.3) is 0 Å². The molecule has 0 saturated heterocycles. The largest absolute Gasteiger partial charge is 0.480 e. The fourth-order valence-electron chi connectivity index (χ4n) is 3.54. The van der Waals surface area contributed by atoms with Crippen LogP contribution in [0.3, 0.4) is 0 Å². The zero-order valence-electron chi connectivity index (χ0n) is 16.2. The summed E-state index contributed by atoms with van der Waals surface area (Å²) >= 11 is 0. The number of rotatable bonds is 8. The maximum absolute atomic E-state index is 13.0. The molecule has 1 amide bonds. The van der Waals surface area contributed by atoms with Crippen LogP contribution in [0.1, 0.15) is 23.1 Å². The molecule has 1 atom stereocenters. The minimum Gasteiger partial charge on any atom is -0.480 e. The first-order chi connectivity index (χ1) is 14.1. The standard InChI is InChI=1S/C24H24N2O3/c1-25-21(23(28)29)17-22(27)26-24(18-11-5-2-6-12-18,19-13-7-3-8-14-19)20-15-9-4-10-16-20/h2-16,21,25H,17H2,1H3,(H,26,27)(H,28,29)/t21-/m0/s1. The van der Waals surface area contributed by atoms with Crippen molar-refractivity contribution in [2.75, 3.05) is 7.05 Å². The number of carboxylic acid groups (broad SMARTS) is 1. The molecule has 0 aliphatic rings. The highest BCUT2D eigenvalue weighted by Gasteiger charge is 2.38. The van der Waals surface area contributed by atoms with Crippen LogP contribution in [0.5, 0.6) is 0 Å². The van der Waals surface area contributed by atoms with Gasteiger partial charge in [-0.1, -0.05) is 91.0 Å². The summed E-state index contributed by atoms with van der Waals surface area (Å²) in [5.41, 5.74) is 1.73. The number of hydrogen-bond acceptors (Lipinski definition) is 3. The molecular weight excluding hydrogens is 364 g/mol. The van der Waals surface area contributed by atoms with Gasteiger partial charge in [0.15, 0.2) is 0 Å². The summed E-state index contributed by atoms with van der Waals surface area (Å²) in [6, 6.07) is 28.2. The van der Waals surface area contributed by atoms with Crippen molar-refractivity contribution in [1.29, 1.82) is 0 Å². The highest BCUT2D eigenvalue weighted by atomic mass is 16.4. The quantitative estimate of drug-likeness (QED) is 0.518. The number of nitrogens with one attached hydrogen (secondary N) is 2. The van der Waals surface area contributed by atoms with Gasteiger partial charge in [-0.2, -0.15) is 0 Å². The lowest BCUT2D eigenvalue weighted by atomic mass is 9.77. The average Bonchev–Trinajstić information content (AvgIpc) is 2.77. The molecule has 0 saturated carbocycles. The fraction of sp³-hybridized carbons (Fsp3) is 0.167. The van der Waals surface area contributed by atoms with Gasteiger partial charge in [-0.05, 0) is 23.7 Å². The number of benzene rings is 3. The van der Waals surface area contributed by atoms with Crippen LogP contribution in [0.15, 0.2) is 91.0 Å². The fourth-order valence-corrected chi connectivity index (χ4v) is 3.54. The number of amides is 1. The van der Waals surface area contributed by atoms with Crippen LogP contribution in [0.25, 0.3) is 0 Å². The van der Waals surface area contributed by atoms with E-state index in [9.17, 15) is 14.7 Å². The zero-order valence-corrected chi connectivity index (χ0v) is 16.2. The molecular formula is C24H24N2O3. The normalized spacial score (nSPS) is 12.2. The highest BCUT2D eigenvalue weighted by molar-refractivity contribution is 5.85. The Morgan fingerprint density at radius 3 is 1.48 bits per heavy atom. The predicted octanol–water partition coefficient (Wildman–Crippen LogP) is 3.16. The lowest BCUT2D eigenvalue weighted by Gasteiger charge is -2.37. The minimum atomic E-state index is -1.06. The van der Waals surface area contributed by atoms with Gasteiger partial charge >= 0.3 is 5.97 Å². The number of aliphatic carboxylic acids is 1. The summed E-state index contributed by atoms with van der Waals surface area (Å²) in [6.07, 6.45) is -0.180. The minimum absolute atomic E-state index is 0.180. The Morgan fingerprint density at radius 1 is 0.793 bits per heavy atom. The van der Waals surface area contributed by atoms with E-state index in [4.69, 9.17) is 0 Å². The van der Waals surface area contributed by atoms with Crippen molar-refractivity contribution in [3.63, 3.8) is 0 Å². The summed E-state index contributed by atoms with van der Waals surface area (Å²) in [7, 11) is 1.53. The van der Waals surface area contributed by atoms with Crippen molar-refractivity contribution in [2.45, 2.75) is 18.0 Å². The Bertz CT molecular complexity index is 847. The summed E-state index contributed by atoms with van der Waals surface area (Å²) in [5.74, 6) is -1.42. The SMILES string of the molecule is CN[C@@H](CC(=O)NC(c1ccccc1)(c1ccccc1)c1ccccc1)C(=O)O. The van der Waals surface area contributed by atoms with Gasteiger partial charge in [-0.25, -0.2) is 0 Å². The van der Waals surface area contributed by atoms with Crippen LogP contribution in [-0.2, 0) is 15.1 Å². The number of carboxylic acids is 1. The Morgan fingerprint density at radius 2 is 1.17 bits per heavy atom. The molecule has 0 radical (unpaired) electrons. The van der Waals surface area contributed by atoms with Crippen LogP contribution in [0.4, 0.5) is 0 Å². The van der Waals surface area contributed by atoms with Crippen molar-refractivity contribution in [2.24, 2.45) is 0 Å². The molecule has 3 aromatic rings. The first-order valence-corrected chi connectivity index (χ1v) is 9.45. The third-order valence-electron chi connectivity index (χ3n) is 4.98. The average molecular weight is 388 g/mol. The van der Waals surface area contributed by atoms with Crippen LogP contribution in [-0.4, -0.2) is 30.1 Å². The predicted molar refractivity (Wildman–Crippen MR) is 112 cm³/mol. The van der Waals surface area contributed by atoms with Gasteiger partial charge in [0.05, 0.1) is 6.42 Å². The molecule has 0 spiro atoms. The molecule has 5 heteroatoms. The second kappa shape index (κ2) is 9.17. The van der Waals surface area contributed by atoms with Crippen molar-refractivity contribution < 1.29 is 14.7 Å². The topological polar surface area (TPSA) is 78.4 Å². The number of likely N-dealkylation sites (N-methyl/N-ethyl adjacent to an activating group) is 1. The van der Waals surface area contributed by atoms with Gasteiger partial charge in [0.1, 0.15) is 11.6 Å². The molecule has 0 unspecified atom stereocenters. The lowest BCUT2D eigenvalue weighted by molar-refractivity contribution is -0.141. The maximum Gasteiger partial charge on any atom is 0.321 e. The van der Waals surface area contributed by atoms with E-state index in [0.717, 1.165) is 16.7 Å². The smallest absolute Gasteiger partial charge is 0.321 e. The third-order valence-corrected chi connectivity index (χ3v) is 4.98. The Balaban J connectivity index is 2.15. The summed E-state index contributed by atoms with van der Waals surface area (Å²) in [4.78, 5) is 24.4. The van der Waals surface area contributed by atoms with Gasteiger partial charge < -0.3 is 15.7 Å². The Kier molecular flexibility index (Phi) is 6.42. The van der Waals surface area contributed by atoms with E-state index in [1.54, 1.807) is 0 Å². The molecule has 0 aliphatic carbocycles. The van der Waals surface area contributed by atoms with Crippen molar-refractivity contribution in [3.05, 3.63) is 108 Å². The summed E-state index contributed by atoms with van der Waals surface area (Å²) in [6.45, 7) is 0. The lowest BCUT2D eigenvalue weighted by Crippen LogP contribution is -2.50. The van der Waals surface area contributed by atoms with Crippen LogP contribution >= 0.6 is 0 Å². The van der Waals surface area contributed by atoms with E-state index in [1.807, 2.05) is 91.0 Å². The first-order valence-electron chi connectivity index (χ1n) is 9.45. The van der Waals surface area contributed by atoms with Crippen LogP contribution in [0, 0.1) is 0 Å². The monoisotopic (exact) mass is 388 g/mol. The molecule has 0 bridgehead atoms. The van der Waals surface area contributed by atoms with Crippen molar-refractivity contribution in [1.82, 2.24) is 10.6 Å². The molecule has 29 heavy (non-hydrogen) atoms. The summed E-state index contributed by atoms with van der Waals surface area (Å²) in [5, 5.41) is 15.2. The molecule has 148 valence electrons. The number of hydrogen-bond donors (Lipinski definition) is 3. The van der Waals surface area contributed by atoms with Crippen molar-refractivity contribution >= 4 is 11.9 Å². The Hall–Kier alpha value is -3.44. The van der Waals surface area contributed by atoms with Gasteiger partial charge in [-0.3, -0.25) is 9.59 Å². The number of carbonyl (C=O) groups excluding carboxylic acids is 1. The van der Waals surface area contributed by atoms with E-state index >= 15 is 0 Å². The van der Waals surface area contributed by atoms with E-state index in [-0.39, 0.29) is 12.3 Å². The second-order valence-electron chi connectivity index (χ2n) is 6.78. The van der Waals surface area contributed by atoms with E-state index in [1.165, 1.54) is 7.05 Å². The van der Waals surface area contributed by atoms with Crippen LogP contribution < -0.4 is 10.6 Å². The molecule has 3 aromatic carbocycles. The third kappa shape index (κ3) is 4.36. The molecule has 0 aromatic heterocycles.